The van der Waals surface area contributed by atoms with Crippen LogP contribution in [0.15, 0.2) is 18.2 Å². The second-order valence-electron chi connectivity index (χ2n) is 7.30. The van der Waals surface area contributed by atoms with E-state index in [9.17, 15) is 4.79 Å². The van der Waals surface area contributed by atoms with Crippen molar-refractivity contribution < 1.29 is 4.79 Å². The number of hydrogen-bond acceptors (Lipinski definition) is 2. The summed E-state index contributed by atoms with van der Waals surface area (Å²) in [5.41, 5.74) is 3.67. The molecule has 0 saturated carbocycles. The molecule has 3 heterocycles. The van der Waals surface area contributed by atoms with E-state index in [4.69, 9.17) is 0 Å². The largest absolute Gasteiger partial charge is 0.322 e. The smallest absolute Gasteiger partial charge is 0.318 e. The van der Waals surface area contributed by atoms with Gasteiger partial charge in [0.05, 0.1) is 0 Å². The predicted molar refractivity (Wildman–Crippen MR) is 88.3 cm³/mol. The Hall–Kier alpha value is -1.55. The maximum atomic E-state index is 12.5. The Labute approximate surface area is 132 Å². The highest BCUT2D eigenvalue weighted by atomic mass is 16.2. The van der Waals surface area contributed by atoms with Crippen LogP contribution in [0.2, 0.25) is 0 Å². The molecule has 4 heteroatoms. The first-order chi connectivity index (χ1) is 10.6. The molecule has 2 bridgehead atoms. The minimum Gasteiger partial charge on any atom is -0.318 e. The van der Waals surface area contributed by atoms with E-state index < -0.39 is 0 Å². The van der Waals surface area contributed by atoms with E-state index in [1.807, 2.05) is 6.07 Å². The fourth-order valence-electron chi connectivity index (χ4n) is 4.38. The van der Waals surface area contributed by atoms with Gasteiger partial charge in [0.2, 0.25) is 0 Å². The van der Waals surface area contributed by atoms with Crippen LogP contribution >= 0.6 is 0 Å². The Kier molecular flexibility index (Phi) is 3.37. The van der Waals surface area contributed by atoms with Crippen LogP contribution in [0.4, 0.5) is 10.5 Å². The molecule has 0 aromatic heterocycles. The van der Waals surface area contributed by atoms with Gasteiger partial charge in [-0.05, 0) is 62.9 Å². The van der Waals surface area contributed by atoms with Crippen LogP contribution in [0.1, 0.15) is 42.7 Å². The number of fused-ring (bicyclic) bond motifs is 2. The first kappa shape index (κ1) is 14.1. The number of likely N-dealkylation sites (N-methyl/N-ethyl adjacent to an activating group) is 1. The number of amides is 2. The van der Waals surface area contributed by atoms with E-state index in [0.29, 0.717) is 18.0 Å². The van der Waals surface area contributed by atoms with Crippen molar-refractivity contribution in [1.82, 2.24) is 9.80 Å². The zero-order chi connectivity index (χ0) is 15.3. The fraction of sp³-hybridized carbons (Fsp3) is 0.611. The van der Waals surface area contributed by atoms with Crippen LogP contribution in [0, 0.1) is 6.92 Å². The minimum atomic E-state index is 0.0986. The molecule has 3 aliphatic rings. The lowest BCUT2D eigenvalue weighted by Gasteiger charge is -2.52. The highest BCUT2D eigenvalue weighted by Gasteiger charge is 2.44. The lowest BCUT2D eigenvalue weighted by molar-refractivity contribution is 0.0173. The first-order valence-corrected chi connectivity index (χ1v) is 8.50. The van der Waals surface area contributed by atoms with Gasteiger partial charge in [0.1, 0.15) is 0 Å². The third-order valence-corrected chi connectivity index (χ3v) is 5.67. The van der Waals surface area contributed by atoms with Gasteiger partial charge in [-0.25, -0.2) is 4.79 Å². The van der Waals surface area contributed by atoms with E-state index in [1.165, 1.54) is 36.8 Å². The molecule has 0 aliphatic carbocycles. The quantitative estimate of drug-likeness (QED) is 0.910. The number of carbonyl (C=O) groups excluding carboxylic acids is 1. The number of nitrogens with zero attached hydrogens (tertiary/aromatic N) is 2. The average molecular weight is 299 g/mol. The molecule has 1 aromatic carbocycles. The Bertz CT molecular complexity index is 580. The molecule has 2 unspecified atom stereocenters. The number of rotatable bonds is 2. The van der Waals surface area contributed by atoms with Crippen LogP contribution in [0.5, 0.6) is 0 Å². The number of aryl methyl sites for hydroxylation is 1. The molecule has 1 N–H and O–H groups in total. The molecule has 22 heavy (non-hydrogen) atoms. The highest BCUT2D eigenvalue weighted by molar-refractivity contribution is 5.90. The summed E-state index contributed by atoms with van der Waals surface area (Å²) in [6.07, 6.45) is 4.85. The van der Waals surface area contributed by atoms with Crippen LogP contribution in [0.3, 0.4) is 0 Å². The summed E-state index contributed by atoms with van der Waals surface area (Å²) < 4.78 is 0. The van der Waals surface area contributed by atoms with Crippen molar-refractivity contribution in [3.63, 3.8) is 0 Å². The van der Waals surface area contributed by atoms with Crippen molar-refractivity contribution in [1.29, 1.82) is 0 Å². The third kappa shape index (κ3) is 2.30. The number of anilines is 1. The topological polar surface area (TPSA) is 35.6 Å². The molecule has 2 atom stereocenters. The number of hydrogen-bond donors (Lipinski definition) is 1. The van der Waals surface area contributed by atoms with Crippen LogP contribution in [-0.2, 0) is 0 Å². The summed E-state index contributed by atoms with van der Waals surface area (Å²) in [4.78, 5) is 16.9. The standard InChI is InChI=1S/C18H25N3O/c1-12-6-7-14(8-17(12)13-10-20(2)11-13)19-18(22)21-15-4-3-5-16(21)9-15/h6-8,13,15-16H,3-5,9-11H2,1-2H3,(H,19,22). The average Bonchev–Trinajstić information content (AvgIpc) is 2.47. The number of nitrogens with one attached hydrogen (secondary N) is 1. The molecule has 3 saturated heterocycles. The molecule has 4 rings (SSSR count). The molecule has 0 spiro atoms. The molecular weight excluding hydrogens is 274 g/mol. The van der Waals surface area contributed by atoms with Crippen LogP contribution in [-0.4, -0.2) is 48.1 Å². The SMILES string of the molecule is Cc1ccc(NC(=O)N2C3CCCC2C3)cc1C1CN(C)C1. The van der Waals surface area contributed by atoms with E-state index in [1.54, 1.807) is 0 Å². The summed E-state index contributed by atoms with van der Waals surface area (Å²) in [7, 11) is 2.15. The van der Waals surface area contributed by atoms with Crippen molar-refractivity contribution >= 4 is 11.7 Å². The first-order valence-electron chi connectivity index (χ1n) is 8.50. The number of carbonyl (C=O) groups is 1. The molecule has 3 fully saturated rings. The summed E-state index contributed by atoms with van der Waals surface area (Å²) in [6, 6.07) is 7.43. The summed E-state index contributed by atoms with van der Waals surface area (Å²) in [5, 5.41) is 3.13. The number of benzene rings is 1. The van der Waals surface area contributed by atoms with E-state index >= 15 is 0 Å². The van der Waals surface area contributed by atoms with Gasteiger partial charge < -0.3 is 15.1 Å². The van der Waals surface area contributed by atoms with E-state index in [2.05, 4.69) is 41.2 Å². The zero-order valence-electron chi connectivity index (χ0n) is 13.5. The van der Waals surface area contributed by atoms with Gasteiger partial charge >= 0.3 is 6.03 Å². The Morgan fingerprint density at radius 3 is 2.59 bits per heavy atom. The summed E-state index contributed by atoms with van der Waals surface area (Å²) in [5.74, 6) is 0.616. The lowest BCUT2D eigenvalue weighted by atomic mass is 9.80. The summed E-state index contributed by atoms with van der Waals surface area (Å²) in [6.45, 7) is 4.40. The predicted octanol–water partition coefficient (Wildman–Crippen LogP) is 3.18. The minimum absolute atomic E-state index is 0.0986. The van der Waals surface area contributed by atoms with Crippen molar-refractivity contribution in [2.45, 2.75) is 50.6 Å². The van der Waals surface area contributed by atoms with Gasteiger partial charge in [0, 0.05) is 36.8 Å². The van der Waals surface area contributed by atoms with Gasteiger partial charge in [0.25, 0.3) is 0 Å². The van der Waals surface area contributed by atoms with Crippen molar-refractivity contribution in [3.8, 4) is 0 Å². The second kappa shape index (κ2) is 5.27. The van der Waals surface area contributed by atoms with Crippen molar-refractivity contribution in [2.24, 2.45) is 0 Å². The van der Waals surface area contributed by atoms with Crippen LogP contribution < -0.4 is 5.32 Å². The Morgan fingerprint density at radius 2 is 1.95 bits per heavy atom. The highest BCUT2D eigenvalue weighted by Crippen LogP contribution is 2.38. The van der Waals surface area contributed by atoms with Crippen molar-refractivity contribution in [3.05, 3.63) is 29.3 Å². The molecule has 118 valence electrons. The molecular formula is C18H25N3O. The normalized spacial score (nSPS) is 28.0. The maximum absolute atomic E-state index is 12.5. The third-order valence-electron chi connectivity index (χ3n) is 5.67. The van der Waals surface area contributed by atoms with Gasteiger partial charge in [0.15, 0.2) is 0 Å². The summed E-state index contributed by atoms with van der Waals surface area (Å²) >= 11 is 0. The molecule has 3 aliphatic heterocycles. The lowest BCUT2D eigenvalue weighted by Crippen LogP contribution is -2.62. The molecule has 4 nitrogen and oxygen atoms in total. The molecule has 0 radical (unpaired) electrons. The number of urea groups is 1. The zero-order valence-corrected chi connectivity index (χ0v) is 13.5. The van der Waals surface area contributed by atoms with E-state index in [0.717, 1.165) is 18.8 Å². The van der Waals surface area contributed by atoms with E-state index in [-0.39, 0.29) is 6.03 Å². The van der Waals surface area contributed by atoms with Gasteiger partial charge in [-0.1, -0.05) is 6.07 Å². The fourth-order valence-corrected chi connectivity index (χ4v) is 4.38. The number of piperidine rings is 1. The van der Waals surface area contributed by atoms with Gasteiger partial charge in [-0.2, -0.15) is 0 Å². The van der Waals surface area contributed by atoms with Gasteiger partial charge in [-0.3, -0.25) is 0 Å². The number of likely N-dealkylation sites (tertiary alicyclic amines) is 1. The molecule has 2 amide bonds. The van der Waals surface area contributed by atoms with Gasteiger partial charge in [-0.15, -0.1) is 0 Å². The monoisotopic (exact) mass is 299 g/mol. The Morgan fingerprint density at radius 1 is 1.23 bits per heavy atom. The second-order valence-corrected chi connectivity index (χ2v) is 7.30. The maximum Gasteiger partial charge on any atom is 0.322 e. The molecule has 1 aromatic rings. The van der Waals surface area contributed by atoms with Crippen LogP contribution in [0.25, 0.3) is 0 Å². The Balaban J connectivity index is 1.46. The van der Waals surface area contributed by atoms with Crippen molar-refractivity contribution in [2.75, 3.05) is 25.5 Å².